The molecule has 2 rings (SSSR count). The van der Waals surface area contributed by atoms with E-state index < -0.39 is 5.97 Å². The maximum Gasteiger partial charge on any atom is 0.356 e. The first-order valence-electron chi connectivity index (χ1n) is 7.22. The van der Waals surface area contributed by atoms with Gasteiger partial charge in [0.15, 0.2) is 0 Å². The number of aliphatic hydroxyl groups excluding tert-OH is 1. The van der Waals surface area contributed by atoms with Crippen molar-refractivity contribution in [2.75, 3.05) is 33.4 Å². The molecule has 1 N–H and O–H groups in total. The average molecular weight is 294 g/mol. The van der Waals surface area contributed by atoms with Gasteiger partial charge in [-0.25, -0.2) is 9.78 Å². The molecule has 1 aliphatic heterocycles. The van der Waals surface area contributed by atoms with Crippen LogP contribution in [0.4, 0.5) is 0 Å². The molecular formula is C15H22N2O4. The summed E-state index contributed by atoms with van der Waals surface area (Å²) in [5, 5.41) is 8.75. The van der Waals surface area contributed by atoms with Crippen LogP contribution in [0.25, 0.3) is 0 Å². The first-order chi connectivity index (χ1) is 10.2. The molecule has 0 aromatic carbocycles. The molecule has 6 nitrogen and oxygen atoms in total. The number of nitrogens with zero attached hydrogens (tertiary/aromatic N) is 2. The zero-order valence-electron chi connectivity index (χ0n) is 12.3. The van der Waals surface area contributed by atoms with E-state index in [0.29, 0.717) is 12.3 Å². The standard InChI is InChI=1S/C15H22N2O4/c1-20-15(19)14-4-2-3-12(16-14)11-17-7-5-13(6-8-17)21-10-9-18/h2-4,13,18H,5-11H2,1H3. The molecule has 116 valence electrons. The monoisotopic (exact) mass is 294 g/mol. The lowest BCUT2D eigenvalue weighted by Gasteiger charge is -2.31. The highest BCUT2D eigenvalue weighted by Gasteiger charge is 2.20. The molecule has 1 aromatic heterocycles. The first kappa shape index (κ1) is 15.9. The fourth-order valence-electron chi connectivity index (χ4n) is 2.47. The van der Waals surface area contributed by atoms with Gasteiger partial charge in [0.25, 0.3) is 0 Å². The van der Waals surface area contributed by atoms with Crippen molar-refractivity contribution >= 4 is 5.97 Å². The average Bonchev–Trinajstić information content (AvgIpc) is 2.53. The van der Waals surface area contributed by atoms with Crippen LogP contribution < -0.4 is 0 Å². The molecule has 1 fully saturated rings. The number of ether oxygens (including phenoxy) is 2. The van der Waals surface area contributed by atoms with Gasteiger partial charge in [-0.2, -0.15) is 0 Å². The highest BCUT2D eigenvalue weighted by molar-refractivity contribution is 5.87. The van der Waals surface area contributed by atoms with E-state index in [0.717, 1.165) is 38.2 Å². The van der Waals surface area contributed by atoms with Crippen LogP contribution in [0.5, 0.6) is 0 Å². The van der Waals surface area contributed by atoms with Gasteiger partial charge in [0, 0.05) is 19.6 Å². The van der Waals surface area contributed by atoms with Crippen LogP contribution in [0.3, 0.4) is 0 Å². The number of likely N-dealkylation sites (tertiary alicyclic amines) is 1. The summed E-state index contributed by atoms with van der Waals surface area (Å²) in [4.78, 5) is 18.1. The van der Waals surface area contributed by atoms with Gasteiger partial charge >= 0.3 is 5.97 Å². The summed E-state index contributed by atoms with van der Waals surface area (Å²) in [6.07, 6.45) is 2.15. The van der Waals surface area contributed by atoms with Gasteiger partial charge in [0.1, 0.15) is 5.69 Å². The Labute approximate surface area is 124 Å². The minimum Gasteiger partial charge on any atom is -0.464 e. The lowest BCUT2D eigenvalue weighted by atomic mass is 10.1. The highest BCUT2D eigenvalue weighted by atomic mass is 16.5. The second kappa shape index (κ2) is 8.07. The van der Waals surface area contributed by atoms with Crippen molar-refractivity contribution in [2.24, 2.45) is 0 Å². The van der Waals surface area contributed by atoms with Crippen molar-refractivity contribution in [1.82, 2.24) is 9.88 Å². The molecule has 0 amide bonds. The summed E-state index contributed by atoms with van der Waals surface area (Å²) < 4.78 is 10.2. The normalized spacial score (nSPS) is 16.9. The Morgan fingerprint density at radius 1 is 1.43 bits per heavy atom. The molecule has 0 unspecified atom stereocenters. The molecule has 2 heterocycles. The molecule has 1 aromatic rings. The number of rotatable bonds is 6. The van der Waals surface area contributed by atoms with Gasteiger partial charge in [-0.1, -0.05) is 6.07 Å². The summed E-state index contributed by atoms with van der Waals surface area (Å²) in [5.41, 5.74) is 1.21. The van der Waals surface area contributed by atoms with E-state index >= 15 is 0 Å². The quantitative estimate of drug-likeness (QED) is 0.784. The van der Waals surface area contributed by atoms with Crippen LogP contribution in [0.2, 0.25) is 0 Å². The van der Waals surface area contributed by atoms with Gasteiger partial charge in [0.2, 0.25) is 0 Å². The maximum absolute atomic E-state index is 11.5. The third-order valence-corrected chi connectivity index (χ3v) is 3.57. The number of methoxy groups -OCH3 is 1. The van der Waals surface area contributed by atoms with Gasteiger partial charge in [0.05, 0.1) is 32.1 Å². The number of aliphatic hydroxyl groups is 1. The molecule has 0 bridgehead atoms. The van der Waals surface area contributed by atoms with Crippen molar-refractivity contribution in [2.45, 2.75) is 25.5 Å². The second-order valence-electron chi connectivity index (χ2n) is 5.08. The van der Waals surface area contributed by atoms with Gasteiger partial charge < -0.3 is 14.6 Å². The minimum absolute atomic E-state index is 0.0739. The number of esters is 1. The SMILES string of the molecule is COC(=O)c1cccc(CN2CCC(OCCO)CC2)n1. The van der Waals surface area contributed by atoms with Crippen LogP contribution >= 0.6 is 0 Å². The van der Waals surface area contributed by atoms with E-state index in [-0.39, 0.29) is 12.7 Å². The van der Waals surface area contributed by atoms with Crippen LogP contribution in [-0.4, -0.2) is 60.5 Å². The third kappa shape index (κ3) is 4.77. The molecule has 21 heavy (non-hydrogen) atoms. The van der Waals surface area contributed by atoms with Crippen LogP contribution in [0.15, 0.2) is 18.2 Å². The summed E-state index contributed by atoms with van der Waals surface area (Å²) in [6, 6.07) is 5.40. The van der Waals surface area contributed by atoms with E-state index in [1.54, 1.807) is 6.07 Å². The lowest BCUT2D eigenvalue weighted by molar-refractivity contribution is -0.00919. The summed E-state index contributed by atoms with van der Waals surface area (Å²) in [6.45, 7) is 3.07. The molecule has 0 aliphatic carbocycles. The zero-order valence-corrected chi connectivity index (χ0v) is 12.3. The van der Waals surface area contributed by atoms with Gasteiger partial charge in [-0.05, 0) is 25.0 Å². The number of carbonyl (C=O) groups excluding carboxylic acids is 1. The Hall–Kier alpha value is -1.50. The van der Waals surface area contributed by atoms with Crippen molar-refractivity contribution < 1.29 is 19.4 Å². The van der Waals surface area contributed by atoms with Crippen LogP contribution in [0.1, 0.15) is 29.0 Å². The Morgan fingerprint density at radius 3 is 2.86 bits per heavy atom. The van der Waals surface area contributed by atoms with Gasteiger partial charge in [-0.15, -0.1) is 0 Å². The van der Waals surface area contributed by atoms with E-state index in [9.17, 15) is 4.79 Å². The first-order valence-corrected chi connectivity index (χ1v) is 7.22. The van der Waals surface area contributed by atoms with Gasteiger partial charge in [-0.3, -0.25) is 4.90 Å². The Balaban J connectivity index is 1.84. The smallest absolute Gasteiger partial charge is 0.356 e. The maximum atomic E-state index is 11.5. The zero-order chi connectivity index (χ0) is 15.1. The minimum atomic E-state index is -0.409. The topological polar surface area (TPSA) is 71.9 Å². The molecule has 0 spiro atoms. The number of aromatic nitrogens is 1. The molecule has 0 atom stereocenters. The summed E-state index contributed by atoms with van der Waals surface area (Å²) in [5.74, 6) is -0.409. The fraction of sp³-hybridized carbons (Fsp3) is 0.600. The predicted octanol–water partition coefficient (Wildman–Crippen LogP) is 0.841. The molecule has 0 saturated carbocycles. The van der Waals surface area contributed by atoms with E-state index in [2.05, 4.69) is 14.6 Å². The third-order valence-electron chi connectivity index (χ3n) is 3.57. The van der Waals surface area contributed by atoms with Crippen LogP contribution in [-0.2, 0) is 16.0 Å². The predicted molar refractivity (Wildman–Crippen MR) is 76.9 cm³/mol. The number of piperidine rings is 1. The highest BCUT2D eigenvalue weighted by Crippen LogP contribution is 2.15. The summed E-state index contributed by atoms with van der Waals surface area (Å²) >= 11 is 0. The number of hydrogen-bond acceptors (Lipinski definition) is 6. The Bertz CT molecular complexity index is 459. The van der Waals surface area contributed by atoms with E-state index in [1.807, 2.05) is 12.1 Å². The molecule has 1 aliphatic rings. The lowest BCUT2D eigenvalue weighted by Crippen LogP contribution is -2.37. The fourth-order valence-corrected chi connectivity index (χ4v) is 2.47. The van der Waals surface area contributed by atoms with E-state index in [1.165, 1.54) is 7.11 Å². The molecule has 1 saturated heterocycles. The second-order valence-corrected chi connectivity index (χ2v) is 5.08. The number of hydrogen-bond donors (Lipinski definition) is 1. The molecule has 0 radical (unpaired) electrons. The summed E-state index contributed by atoms with van der Waals surface area (Å²) in [7, 11) is 1.36. The largest absolute Gasteiger partial charge is 0.464 e. The Kier molecular flexibility index (Phi) is 6.10. The Morgan fingerprint density at radius 2 is 2.19 bits per heavy atom. The van der Waals surface area contributed by atoms with Crippen LogP contribution in [0, 0.1) is 0 Å². The van der Waals surface area contributed by atoms with E-state index in [4.69, 9.17) is 9.84 Å². The van der Waals surface area contributed by atoms with Crippen molar-refractivity contribution in [3.05, 3.63) is 29.6 Å². The molecule has 6 heteroatoms. The van der Waals surface area contributed by atoms with Crippen molar-refractivity contribution in [1.29, 1.82) is 0 Å². The number of pyridine rings is 1. The molecular weight excluding hydrogens is 272 g/mol. The number of carbonyl (C=O) groups is 1. The van der Waals surface area contributed by atoms with Crippen molar-refractivity contribution in [3.8, 4) is 0 Å². The van der Waals surface area contributed by atoms with Crippen molar-refractivity contribution in [3.63, 3.8) is 0 Å².